The lowest BCUT2D eigenvalue weighted by atomic mass is 10.0. The predicted octanol–water partition coefficient (Wildman–Crippen LogP) is 12.8. The molecule has 0 aliphatic carbocycles. The zero-order valence-electron chi connectivity index (χ0n) is 37.8. The normalized spacial score (nSPS) is 13.7. The van der Waals surface area contributed by atoms with Crippen LogP contribution < -0.4 is 5.32 Å². The molecule has 3 atom stereocenters. The van der Waals surface area contributed by atoms with Gasteiger partial charge in [-0.2, -0.15) is 0 Å². The van der Waals surface area contributed by atoms with E-state index in [1.165, 1.54) is 141 Å². The fourth-order valence-corrected chi connectivity index (χ4v) is 7.79. The first-order valence-electron chi connectivity index (χ1n) is 24.2. The Kier molecular flexibility index (Phi) is 41.6. The lowest BCUT2D eigenvalue weighted by Crippen LogP contribution is -2.43. The molecule has 0 saturated carbocycles. The van der Waals surface area contributed by atoms with Crippen molar-refractivity contribution in [1.82, 2.24) is 5.32 Å². The van der Waals surface area contributed by atoms with Crippen molar-refractivity contribution in [2.45, 2.75) is 251 Å². The molecule has 3 unspecified atom stereocenters. The summed E-state index contributed by atoms with van der Waals surface area (Å²) >= 11 is 0. The summed E-state index contributed by atoms with van der Waals surface area (Å²) in [5.41, 5.74) is 0. The molecule has 0 aromatic carbocycles. The van der Waals surface area contributed by atoms with Crippen molar-refractivity contribution in [3.63, 3.8) is 0 Å². The molecule has 0 bridgehead atoms. The molecule has 59 heavy (non-hydrogen) atoms. The van der Waals surface area contributed by atoms with Crippen molar-refractivity contribution in [2.75, 3.05) is 19.8 Å². The maximum absolute atomic E-state index is 12.3. The Bertz CT molecular complexity index is 1060. The van der Waals surface area contributed by atoms with E-state index < -0.39 is 57.6 Å². The number of allylic oxidation sites excluding steroid dienone is 2. The van der Waals surface area contributed by atoms with Crippen LogP contribution in [0.4, 0.5) is 0 Å². The standard InChI is InChI=1S/C47H90NO10P/c1-3-5-7-9-11-13-15-17-19-21-22-23-25-27-29-31-33-35-37-39-46(51)56-40-43(49)41-57-59(54,55)58-42-44(47(52)53)48-45(50)38-36-34-32-30-28-26-24-20-18-16-14-12-10-8-6-4-2/h20,24,43-44,49H,3-19,21-23,25-42H2,1-2H3,(H,48,50)(H,52,53)(H,54,55)/b24-20-. The molecule has 0 aromatic heterocycles. The Hall–Kier alpha value is -1.78. The van der Waals surface area contributed by atoms with Gasteiger partial charge in [-0.05, 0) is 38.5 Å². The van der Waals surface area contributed by atoms with E-state index in [0.717, 1.165) is 57.8 Å². The smallest absolute Gasteiger partial charge is 0.472 e. The van der Waals surface area contributed by atoms with Crippen LogP contribution in [0.25, 0.3) is 0 Å². The number of phosphoric ester groups is 1. The summed E-state index contributed by atoms with van der Waals surface area (Å²) in [6.07, 6.45) is 43.8. The summed E-state index contributed by atoms with van der Waals surface area (Å²) < 4.78 is 26.9. The van der Waals surface area contributed by atoms with Gasteiger partial charge in [-0.1, -0.05) is 199 Å². The highest BCUT2D eigenvalue weighted by atomic mass is 31.2. The molecular weight excluding hydrogens is 769 g/mol. The van der Waals surface area contributed by atoms with E-state index in [0.29, 0.717) is 12.8 Å². The molecule has 348 valence electrons. The zero-order valence-corrected chi connectivity index (χ0v) is 38.7. The maximum Gasteiger partial charge on any atom is 0.472 e. The topological polar surface area (TPSA) is 169 Å². The molecule has 0 rings (SSSR count). The molecule has 0 saturated heterocycles. The third-order valence-electron chi connectivity index (χ3n) is 10.8. The lowest BCUT2D eigenvalue weighted by Gasteiger charge is -2.18. The molecule has 0 fully saturated rings. The van der Waals surface area contributed by atoms with E-state index in [2.05, 4.69) is 31.3 Å². The van der Waals surface area contributed by atoms with Crippen molar-refractivity contribution in [3.05, 3.63) is 12.2 Å². The van der Waals surface area contributed by atoms with E-state index in [9.17, 15) is 34.1 Å². The first-order valence-corrected chi connectivity index (χ1v) is 25.7. The van der Waals surface area contributed by atoms with Crippen molar-refractivity contribution < 1.29 is 47.8 Å². The van der Waals surface area contributed by atoms with Crippen molar-refractivity contribution in [1.29, 1.82) is 0 Å². The van der Waals surface area contributed by atoms with Crippen LogP contribution in [-0.2, 0) is 32.7 Å². The Balaban J connectivity index is 3.83. The number of unbranched alkanes of at least 4 members (excludes halogenated alkanes) is 30. The van der Waals surface area contributed by atoms with Gasteiger partial charge in [0.25, 0.3) is 0 Å². The molecule has 11 nitrogen and oxygen atoms in total. The minimum absolute atomic E-state index is 0.139. The number of rotatable bonds is 46. The molecule has 12 heteroatoms. The number of carbonyl (C=O) groups excluding carboxylic acids is 2. The zero-order chi connectivity index (χ0) is 43.5. The van der Waals surface area contributed by atoms with E-state index in [4.69, 9.17) is 13.8 Å². The molecule has 0 aliphatic heterocycles. The Morgan fingerprint density at radius 2 is 0.881 bits per heavy atom. The van der Waals surface area contributed by atoms with Crippen LogP contribution >= 0.6 is 7.82 Å². The number of esters is 1. The monoisotopic (exact) mass is 860 g/mol. The van der Waals surface area contributed by atoms with Gasteiger partial charge >= 0.3 is 19.8 Å². The van der Waals surface area contributed by atoms with Crippen LogP contribution in [0.2, 0.25) is 0 Å². The minimum Gasteiger partial charge on any atom is -0.480 e. The van der Waals surface area contributed by atoms with Gasteiger partial charge in [0.05, 0.1) is 13.2 Å². The number of aliphatic hydroxyl groups excluding tert-OH is 1. The number of hydrogen-bond acceptors (Lipinski definition) is 8. The average molecular weight is 860 g/mol. The van der Waals surface area contributed by atoms with Crippen molar-refractivity contribution in [2.24, 2.45) is 0 Å². The van der Waals surface area contributed by atoms with Crippen LogP contribution in [0.3, 0.4) is 0 Å². The largest absolute Gasteiger partial charge is 0.480 e. The highest BCUT2D eigenvalue weighted by Crippen LogP contribution is 2.43. The van der Waals surface area contributed by atoms with Crippen LogP contribution in [0.1, 0.15) is 239 Å². The van der Waals surface area contributed by atoms with Crippen LogP contribution in [0, 0.1) is 0 Å². The number of aliphatic hydroxyl groups is 1. The Morgan fingerprint density at radius 3 is 1.29 bits per heavy atom. The Morgan fingerprint density at radius 1 is 0.525 bits per heavy atom. The number of phosphoric acid groups is 1. The number of nitrogens with one attached hydrogen (secondary N) is 1. The number of carboxylic acid groups (broad SMARTS) is 1. The van der Waals surface area contributed by atoms with Crippen molar-refractivity contribution in [3.8, 4) is 0 Å². The average Bonchev–Trinajstić information content (AvgIpc) is 3.21. The summed E-state index contributed by atoms with van der Waals surface area (Å²) in [6, 6.07) is -1.55. The molecule has 0 aromatic rings. The van der Waals surface area contributed by atoms with Gasteiger partial charge in [-0.3, -0.25) is 18.6 Å². The van der Waals surface area contributed by atoms with Gasteiger partial charge in [0.1, 0.15) is 12.7 Å². The summed E-state index contributed by atoms with van der Waals surface area (Å²) in [5, 5.41) is 21.9. The fourth-order valence-electron chi connectivity index (χ4n) is 7.02. The number of carbonyl (C=O) groups is 3. The van der Waals surface area contributed by atoms with Crippen LogP contribution in [0.5, 0.6) is 0 Å². The number of ether oxygens (including phenoxy) is 1. The van der Waals surface area contributed by atoms with Gasteiger partial charge in [-0.25, -0.2) is 9.36 Å². The van der Waals surface area contributed by atoms with Gasteiger partial charge in [0.15, 0.2) is 6.04 Å². The molecule has 0 heterocycles. The molecule has 0 aliphatic rings. The number of amides is 1. The van der Waals surface area contributed by atoms with Crippen molar-refractivity contribution >= 4 is 25.7 Å². The van der Waals surface area contributed by atoms with Crippen LogP contribution in [0.15, 0.2) is 12.2 Å². The quantitative estimate of drug-likeness (QED) is 0.0200. The van der Waals surface area contributed by atoms with Gasteiger partial charge in [0, 0.05) is 12.8 Å². The molecule has 0 radical (unpaired) electrons. The van der Waals surface area contributed by atoms with E-state index >= 15 is 0 Å². The molecular formula is C47H90NO10P. The number of hydrogen-bond donors (Lipinski definition) is 4. The van der Waals surface area contributed by atoms with Gasteiger partial charge in [0.2, 0.25) is 5.91 Å². The fraction of sp³-hybridized carbons (Fsp3) is 0.894. The minimum atomic E-state index is -4.76. The maximum atomic E-state index is 12.3. The molecule has 4 N–H and O–H groups in total. The summed E-state index contributed by atoms with van der Waals surface area (Å²) in [4.78, 5) is 46.0. The van der Waals surface area contributed by atoms with Gasteiger partial charge < -0.3 is 25.2 Å². The van der Waals surface area contributed by atoms with E-state index in [-0.39, 0.29) is 12.8 Å². The third kappa shape index (κ3) is 42.7. The molecule has 1 amide bonds. The number of carboxylic acids is 1. The second-order valence-corrected chi connectivity index (χ2v) is 18.1. The first-order chi connectivity index (χ1) is 28.6. The second-order valence-electron chi connectivity index (χ2n) is 16.7. The van der Waals surface area contributed by atoms with E-state index in [1.54, 1.807) is 0 Å². The van der Waals surface area contributed by atoms with Gasteiger partial charge in [-0.15, -0.1) is 0 Å². The highest BCUT2D eigenvalue weighted by molar-refractivity contribution is 7.47. The lowest BCUT2D eigenvalue weighted by molar-refractivity contribution is -0.147. The number of aliphatic carboxylic acids is 1. The highest BCUT2D eigenvalue weighted by Gasteiger charge is 2.28. The SMILES string of the molecule is CCCCCCCCC/C=C\CCCCCCCC(=O)NC(COP(=O)(O)OCC(O)COC(=O)CCCCCCCCCCCCCCCCCCCCC)C(=O)O. The predicted molar refractivity (Wildman–Crippen MR) is 240 cm³/mol. The molecule has 0 spiro atoms. The summed E-state index contributed by atoms with van der Waals surface area (Å²) in [7, 11) is -4.76. The summed E-state index contributed by atoms with van der Waals surface area (Å²) in [5.74, 6) is -2.37. The van der Waals surface area contributed by atoms with Crippen LogP contribution in [-0.4, -0.2) is 64.9 Å². The third-order valence-corrected chi connectivity index (χ3v) is 11.8. The first kappa shape index (κ1) is 57.2. The second kappa shape index (κ2) is 42.9. The van der Waals surface area contributed by atoms with E-state index in [1.807, 2.05) is 0 Å². The Labute approximate surface area is 360 Å². The summed E-state index contributed by atoms with van der Waals surface area (Å²) in [6.45, 7) is 2.62.